The zero-order valence-electron chi connectivity index (χ0n) is 20.0. The highest BCUT2D eigenvalue weighted by Crippen LogP contribution is 2.31. The highest BCUT2D eigenvalue weighted by Gasteiger charge is 2.19. The minimum Gasteiger partial charge on any atom is -0.427 e. The van der Waals surface area contributed by atoms with E-state index in [0.717, 1.165) is 10.3 Å². The molecule has 0 saturated carbocycles. The van der Waals surface area contributed by atoms with Gasteiger partial charge >= 0.3 is 0 Å². The van der Waals surface area contributed by atoms with Gasteiger partial charge in [-0.25, -0.2) is 0 Å². The molecule has 184 valence electrons. The van der Waals surface area contributed by atoms with Crippen LogP contribution in [0.25, 0.3) is 11.1 Å². The van der Waals surface area contributed by atoms with E-state index in [1.165, 1.54) is 0 Å². The molecular weight excluding hydrogens is 464 g/mol. The van der Waals surface area contributed by atoms with E-state index in [0.29, 0.717) is 33.1 Å². The predicted octanol–water partition coefficient (Wildman–Crippen LogP) is 3.72. The fraction of sp³-hybridized carbons (Fsp3) is 0.269. The van der Waals surface area contributed by atoms with Crippen LogP contribution in [0.15, 0.2) is 59.6 Å². The van der Waals surface area contributed by atoms with Crippen molar-refractivity contribution in [2.75, 3.05) is 5.73 Å². The van der Waals surface area contributed by atoms with Crippen molar-refractivity contribution in [2.45, 2.75) is 39.8 Å². The normalized spacial score (nSPS) is 12.5. The Kier molecular flexibility index (Phi) is 8.19. The largest absolute Gasteiger partial charge is 0.427 e. The molecule has 1 heterocycles. The fourth-order valence-electron chi connectivity index (χ4n) is 3.46. The number of pyridine rings is 1. The van der Waals surface area contributed by atoms with Crippen LogP contribution >= 0.6 is 11.6 Å². The molecule has 0 saturated heterocycles. The second-order valence-electron chi connectivity index (χ2n) is 8.79. The number of amidine groups is 1. The number of hydrogen-bond donors (Lipinski definition) is 5. The number of aromatic nitrogens is 1. The molecule has 1 aromatic heterocycles. The van der Waals surface area contributed by atoms with Gasteiger partial charge in [-0.05, 0) is 36.1 Å². The maximum atomic E-state index is 12.9. The first-order valence-corrected chi connectivity index (χ1v) is 11.7. The third-order valence-corrected chi connectivity index (χ3v) is 6.11. The average Bonchev–Trinajstić information content (AvgIpc) is 2.81. The number of hydrogen-bond acceptors (Lipinski definition) is 5. The standard InChI is InChI=1S/C26H31ClN6O2/c1-15(2)16(3)32-23-12-21(27)25(19-5-4-6-20(28)11-19)22(33(23)35)13-24(34)31-14-17-7-9-18(10-8-17)26(29)30/h4-12,15-16,35H,13-14,28H2,1-3H3,(H3,29,30)(H,31,34). The zero-order valence-corrected chi connectivity index (χ0v) is 20.8. The van der Waals surface area contributed by atoms with Crippen molar-refractivity contribution in [2.24, 2.45) is 16.6 Å². The van der Waals surface area contributed by atoms with Crippen molar-refractivity contribution in [1.82, 2.24) is 10.0 Å². The van der Waals surface area contributed by atoms with E-state index in [1.807, 2.05) is 26.8 Å². The number of nitrogens with one attached hydrogen (secondary N) is 2. The second kappa shape index (κ2) is 11.1. The Morgan fingerprint density at radius 3 is 2.46 bits per heavy atom. The van der Waals surface area contributed by atoms with Gasteiger partial charge in [0.25, 0.3) is 0 Å². The quantitative estimate of drug-likeness (QED) is 0.141. The molecule has 0 fully saturated rings. The molecule has 7 N–H and O–H groups in total. The minimum atomic E-state index is -0.307. The molecule has 35 heavy (non-hydrogen) atoms. The minimum absolute atomic E-state index is 0.0175. The third kappa shape index (κ3) is 6.42. The number of rotatable bonds is 8. The molecule has 1 unspecified atom stereocenters. The number of nitrogens with zero attached hydrogens (tertiary/aromatic N) is 2. The van der Waals surface area contributed by atoms with Gasteiger partial charge in [-0.15, -0.1) is 0 Å². The smallest absolute Gasteiger partial charge is 0.226 e. The number of carbonyl (C=O) groups is 1. The van der Waals surface area contributed by atoms with E-state index in [9.17, 15) is 10.0 Å². The Bertz CT molecular complexity index is 1300. The molecule has 0 aliphatic rings. The first kappa shape index (κ1) is 25.8. The van der Waals surface area contributed by atoms with Crippen LogP contribution in [0.1, 0.15) is 37.6 Å². The van der Waals surface area contributed by atoms with Crippen LogP contribution in [0.5, 0.6) is 0 Å². The van der Waals surface area contributed by atoms with Crippen molar-refractivity contribution in [1.29, 1.82) is 5.41 Å². The lowest BCUT2D eigenvalue weighted by molar-refractivity contribution is -0.120. The third-order valence-electron chi connectivity index (χ3n) is 5.81. The fourth-order valence-corrected chi connectivity index (χ4v) is 3.77. The molecule has 0 radical (unpaired) electrons. The average molecular weight is 495 g/mol. The molecular formula is C26H31ClN6O2. The molecule has 0 bridgehead atoms. The molecule has 0 aliphatic heterocycles. The number of nitrogen functional groups attached to an aromatic ring is 2. The van der Waals surface area contributed by atoms with Crippen molar-refractivity contribution in [3.8, 4) is 11.1 Å². The van der Waals surface area contributed by atoms with Gasteiger partial charge in [0.1, 0.15) is 5.84 Å². The lowest BCUT2D eigenvalue weighted by Gasteiger charge is -2.17. The monoisotopic (exact) mass is 494 g/mol. The van der Waals surface area contributed by atoms with Crippen LogP contribution in [-0.4, -0.2) is 27.7 Å². The maximum absolute atomic E-state index is 12.9. The van der Waals surface area contributed by atoms with Crippen LogP contribution in [0.4, 0.5) is 5.69 Å². The van der Waals surface area contributed by atoms with Gasteiger partial charge in [0.15, 0.2) is 5.49 Å². The van der Waals surface area contributed by atoms with Crippen molar-refractivity contribution < 1.29 is 10.0 Å². The van der Waals surface area contributed by atoms with Gasteiger partial charge in [0, 0.05) is 29.4 Å². The summed E-state index contributed by atoms with van der Waals surface area (Å²) in [6.07, 6.45) is -0.134. The first-order valence-electron chi connectivity index (χ1n) is 11.3. The molecule has 3 aromatic rings. The Balaban J connectivity index is 1.96. The highest BCUT2D eigenvalue weighted by atomic mass is 35.5. The van der Waals surface area contributed by atoms with Crippen molar-refractivity contribution >= 4 is 29.0 Å². The van der Waals surface area contributed by atoms with Crippen LogP contribution in [0.3, 0.4) is 0 Å². The maximum Gasteiger partial charge on any atom is 0.226 e. The van der Waals surface area contributed by atoms with Crippen LogP contribution in [-0.2, 0) is 17.8 Å². The zero-order chi connectivity index (χ0) is 25.7. The van der Waals surface area contributed by atoms with Crippen LogP contribution in [0.2, 0.25) is 5.02 Å². The van der Waals surface area contributed by atoms with Crippen molar-refractivity contribution in [3.63, 3.8) is 0 Å². The summed E-state index contributed by atoms with van der Waals surface area (Å²) in [5, 5.41) is 21.8. The first-order chi connectivity index (χ1) is 16.6. The lowest BCUT2D eigenvalue weighted by atomic mass is 10.0. The van der Waals surface area contributed by atoms with Gasteiger partial charge in [0.2, 0.25) is 5.91 Å². The Morgan fingerprint density at radius 1 is 1.17 bits per heavy atom. The summed E-state index contributed by atoms with van der Waals surface area (Å²) in [7, 11) is 0. The van der Waals surface area contributed by atoms with Gasteiger partial charge in [0.05, 0.1) is 23.2 Å². The number of amides is 1. The summed E-state index contributed by atoms with van der Waals surface area (Å²) in [6.45, 7) is 6.30. The Labute approximate surface area is 209 Å². The molecule has 3 rings (SSSR count). The molecule has 9 heteroatoms. The van der Waals surface area contributed by atoms with Gasteiger partial charge in [-0.3, -0.25) is 15.2 Å². The SMILES string of the molecule is CC(C)C(C)N=c1cc(Cl)c(-c2cccc(N)c2)c(CC(=O)NCc2ccc(C(=N)N)cc2)n1O. The molecule has 8 nitrogen and oxygen atoms in total. The summed E-state index contributed by atoms with van der Waals surface area (Å²) >= 11 is 6.67. The van der Waals surface area contributed by atoms with E-state index in [4.69, 9.17) is 28.5 Å². The van der Waals surface area contributed by atoms with Crippen LogP contribution in [0, 0.1) is 11.3 Å². The molecule has 1 amide bonds. The van der Waals surface area contributed by atoms with E-state index in [1.54, 1.807) is 48.5 Å². The summed E-state index contributed by atoms with van der Waals surface area (Å²) in [6, 6.07) is 15.7. The molecule has 0 aliphatic carbocycles. The predicted molar refractivity (Wildman–Crippen MR) is 139 cm³/mol. The van der Waals surface area contributed by atoms with Gasteiger partial charge < -0.3 is 22.0 Å². The van der Waals surface area contributed by atoms with Crippen molar-refractivity contribution in [3.05, 3.63) is 81.9 Å². The number of halogens is 1. The number of anilines is 1. The number of benzene rings is 2. The summed E-state index contributed by atoms with van der Waals surface area (Å²) in [5.74, 6) is -0.0710. The molecule has 0 spiro atoms. The summed E-state index contributed by atoms with van der Waals surface area (Å²) in [5.41, 5.74) is 15.2. The lowest BCUT2D eigenvalue weighted by Crippen LogP contribution is -2.31. The number of carbonyl (C=O) groups excluding carboxylic acids is 1. The molecule has 2 aromatic carbocycles. The summed E-state index contributed by atoms with van der Waals surface area (Å²) in [4.78, 5) is 17.5. The topological polar surface area (TPSA) is 143 Å². The van der Waals surface area contributed by atoms with E-state index >= 15 is 0 Å². The van der Waals surface area contributed by atoms with E-state index < -0.39 is 0 Å². The highest BCUT2D eigenvalue weighted by molar-refractivity contribution is 6.33. The second-order valence-corrected chi connectivity index (χ2v) is 9.19. The Hall–Kier alpha value is -3.78. The van der Waals surface area contributed by atoms with Crippen LogP contribution < -0.4 is 22.3 Å². The number of nitrogens with two attached hydrogens (primary N) is 2. The van der Waals surface area contributed by atoms with Gasteiger partial charge in [-0.1, -0.05) is 61.8 Å². The summed E-state index contributed by atoms with van der Waals surface area (Å²) < 4.78 is 0.935. The Morgan fingerprint density at radius 2 is 1.86 bits per heavy atom. The molecule has 1 atom stereocenters. The van der Waals surface area contributed by atoms with E-state index in [-0.39, 0.29) is 42.2 Å². The van der Waals surface area contributed by atoms with Gasteiger partial charge in [-0.2, -0.15) is 4.73 Å². The van der Waals surface area contributed by atoms with E-state index in [2.05, 4.69) is 10.3 Å².